The third kappa shape index (κ3) is 5.38. The van der Waals surface area contributed by atoms with E-state index in [2.05, 4.69) is 69.4 Å². The molecule has 0 saturated heterocycles. The van der Waals surface area contributed by atoms with Gasteiger partial charge in [-0.25, -0.2) is 9.97 Å². The Morgan fingerprint density at radius 1 is 0.821 bits per heavy atom. The maximum absolute atomic E-state index is 5.90. The van der Waals surface area contributed by atoms with Crippen molar-refractivity contribution in [1.82, 2.24) is 9.97 Å². The van der Waals surface area contributed by atoms with Gasteiger partial charge in [0.2, 0.25) is 0 Å². The molecule has 0 spiro atoms. The monoisotopic (exact) mass is 522 g/mol. The maximum atomic E-state index is 5.90. The third-order valence-electron chi connectivity index (χ3n) is 7.81. The smallest absolute Gasteiger partial charge is 0.125 e. The minimum atomic E-state index is -0.280. The van der Waals surface area contributed by atoms with Crippen LogP contribution < -0.4 is 0 Å². The molecule has 0 fully saturated rings. The van der Waals surface area contributed by atoms with Crippen molar-refractivity contribution in [2.75, 3.05) is 13.2 Å². The van der Waals surface area contributed by atoms with E-state index in [1.165, 1.54) is 27.6 Å². The second kappa shape index (κ2) is 11.1. The second-order valence-corrected chi connectivity index (χ2v) is 11.3. The molecule has 1 aromatic carbocycles. The minimum Gasteiger partial charge on any atom is -0.395 e. The lowest BCUT2D eigenvalue weighted by Gasteiger charge is -2.24. The Hall–Kier alpha value is -3.80. The van der Waals surface area contributed by atoms with Gasteiger partial charge in [-0.15, -0.1) is 0 Å². The fourth-order valence-corrected chi connectivity index (χ4v) is 5.59. The minimum absolute atomic E-state index is 0.280. The summed E-state index contributed by atoms with van der Waals surface area (Å²) in [5, 5.41) is 10.3. The van der Waals surface area contributed by atoms with Crippen molar-refractivity contribution in [3.05, 3.63) is 82.3 Å². The number of hydrogen-bond donors (Lipinski definition) is 0. The predicted molar refractivity (Wildman–Crippen MR) is 160 cm³/mol. The molecule has 6 nitrogen and oxygen atoms in total. The molecule has 0 atom stereocenters. The highest BCUT2D eigenvalue weighted by Gasteiger charge is 2.25. The molecule has 0 amide bonds. The van der Waals surface area contributed by atoms with Crippen LogP contribution in [0.25, 0.3) is 23.1 Å². The second-order valence-electron chi connectivity index (χ2n) is 11.3. The molecule has 0 saturated carbocycles. The number of nitrogens with zero attached hydrogens (tertiary/aromatic N) is 4. The molecule has 2 aliphatic carbocycles. The highest BCUT2D eigenvalue weighted by molar-refractivity contribution is 6.03. The average molecular weight is 523 g/mol. The number of oxime groups is 2. The van der Waals surface area contributed by atoms with Gasteiger partial charge in [0.05, 0.1) is 22.6 Å². The van der Waals surface area contributed by atoms with E-state index in [-0.39, 0.29) is 5.41 Å². The molecule has 2 aromatic heterocycles. The van der Waals surface area contributed by atoms with Gasteiger partial charge < -0.3 is 9.68 Å². The average Bonchev–Trinajstić information content (AvgIpc) is 2.93. The Bertz CT molecular complexity index is 1500. The lowest BCUT2D eigenvalue weighted by atomic mass is 9.88. The zero-order chi connectivity index (χ0) is 27.6. The van der Waals surface area contributed by atoms with Crippen LogP contribution in [0.5, 0.6) is 0 Å². The van der Waals surface area contributed by atoms with Crippen LogP contribution in [0.4, 0.5) is 0 Å². The van der Waals surface area contributed by atoms with Crippen molar-refractivity contribution >= 4 is 34.5 Å². The van der Waals surface area contributed by atoms with Crippen molar-refractivity contribution in [2.24, 2.45) is 15.7 Å². The first-order valence-corrected chi connectivity index (χ1v) is 13.9. The molecule has 6 heteroatoms. The number of fused-ring (bicyclic) bond motifs is 3. The van der Waals surface area contributed by atoms with Crippen LogP contribution in [-0.4, -0.2) is 34.6 Å². The van der Waals surface area contributed by atoms with E-state index in [1.807, 2.05) is 12.1 Å². The Kier molecular flexibility index (Phi) is 7.65. The molecule has 202 valence electrons. The Morgan fingerprint density at radius 3 is 2.03 bits per heavy atom. The van der Waals surface area contributed by atoms with Crippen LogP contribution in [-0.2, 0) is 22.5 Å². The topological polar surface area (TPSA) is 69.0 Å². The molecule has 2 heterocycles. The highest BCUT2D eigenvalue weighted by atomic mass is 16.6. The van der Waals surface area contributed by atoms with Gasteiger partial charge in [0.15, 0.2) is 0 Å². The van der Waals surface area contributed by atoms with Crippen LogP contribution in [0, 0.1) is 19.3 Å². The summed E-state index contributed by atoms with van der Waals surface area (Å²) in [6.07, 6.45) is 9.44. The molecule has 0 N–H and O–H groups in total. The predicted octanol–water partition coefficient (Wildman–Crippen LogP) is 7.37. The molecule has 5 rings (SSSR count). The summed E-state index contributed by atoms with van der Waals surface area (Å²) < 4.78 is 0. The number of para-hydroxylation sites is 1. The van der Waals surface area contributed by atoms with Crippen molar-refractivity contribution in [1.29, 1.82) is 0 Å². The summed E-state index contributed by atoms with van der Waals surface area (Å²) in [4.78, 5) is 21.6. The first-order chi connectivity index (χ1) is 18.8. The summed E-state index contributed by atoms with van der Waals surface area (Å²) in [6, 6.07) is 8.31. The van der Waals surface area contributed by atoms with Gasteiger partial charge in [-0.3, -0.25) is 0 Å². The molecule has 3 aromatic rings. The summed E-state index contributed by atoms with van der Waals surface area (Å²) in [5.41, 5.74) is 11.4. The summed E-state index contributed by atoms with van der Waals surface area (Å²) in [6.45, 7) is 17.2. The van der Waals surface area contributed by atoms with E-state index in [4.69, 9.17) is 19.6 Å². The van der Waals surface area contributed by atoms with Crippen LogP contribution in [0.3, 0.4) is 0 Å². The van der Waals surface area contributed by atoms with Crippen molar-refractivity contribution in [3.63, 3.8) is 0 Å². The Balaban J connectivity index is 1.27. The fraction of sp³-hybridized carbons (Fsp3) is 0.394. The largest absolute Gasteiger partial charge is 0.395 e. The Morgan fingerprint density at radius 2 is 1.41 bits per heavy atom. The van der Waals surface area contributed by atoms with E-state index in [9.17, 15) is 0 Å². The molecular weight excluding hydrogens is 484 g/mol. The van der Waals surface area contributed by atoms with Crippen LogP contribution >= 0.6 is 0 Å². The number of aromatic nitrogens is 2. The van der Waals surface area contributed by atoms with Gasteiger partial charge in [-0.1, -0.05) is 61.6 Å². The molecular formula is C33H38N4O2. The third-order valence-corrected chi connectivity index (χ3v) is 7.81. The number of benzene rings is 1. The number of rotatable bonds is 8. The zero-order valence-electron chi connectivity index (χ0n) is 23.6. The molecule has 2 aliphatic rings. The lowest BCUT2D eigenvalue weighted by Crippen LogP contribution is -2.25. The van der Waals surface area contributed by atoms with Gasteiger partial charge in [0.25, 0.3) is 0 Å². The van der Waals surface area contributed by atoms with Gasteiger partial charge in [-0.2, -0.15) is 0 Å². The first-order valence-electron chi connectivity index (χ1n) is 13.9. The zero-order valence-corrected chi connectivity index (χ0v) is 23.6. The summed E-state index contributed by atoms with van der Waals surface area (Å²) >= 11 is 0. The molecule has 0 radical (unpaired) electrons. The van der Waals surface area contributed by atoms with Crippen LogP contribution in [0.15, 0.2) is 47.7 Å². The van der Waals surface area contributed by atoms with Gasteiger partial charge in [0.1, 0.15) is 24.6 Å². The van der Waals surface area contributed by atoms with E-state index in [0.717, 1.165) is 78.1 Å². The number of hydrogen-bond acceptors (Lipinski definition) is 6. The normalized spacial score (nSPS) is 17.1. The molecule has 0 bridgehead atoms. The van der Waals surface area contributed by atoms with E-state index in [0.29, 0.717) is 13.2 Å². The van der Waals surface area contributed by atoms with Gasteiger partial charge >= 0.3 is 0 Å². The lowest BCUT2D eigenvalue weighted by molar-refractivity contribution is -0.000310. The number of aryl methyl sites for hydroxylation is 1. The van der Waals surface area contributed by atoms with Crippen LogP contribution in [0.1, 0.15) is 84.4 Å². The Labute approximate surface area is 231 Å². The molecule has 0 aliphatic heterocycles. The maximum Gasteiger partial charge on any atom is 0.125 e. The molecule has 39 heavy (non-hydrogen) atoms. The standard InChI is InChI=1S/C33H38N4O2/c1-7-23-21(3)25-14-11-17-29(31(25)34-27(23)8-2)36-38-19-33(5,6)20-39-37-30-18-12-15-26-22(4)24-13-9-10-16-28(24)35-32(26)30/h7-10,13,16H,1-2,11-12,14-15,17-20H2,3-6H3/b36-29+,37-30+. The summed E-state index contributed by atoms with van der Waals surface area (Å²) in [5.74, 6) is 0. The van der Waals surface area contributed by atoms with E-state index < -0.39 is 0 Å². The number of pyridine rings is 2. The highest BCUT2D eigenvalue weighted by Crippen LogP contribution is 2.30. The molecule has 0 unspecified atom stereocenters. The van der Waals surface area contributed by atoms with Crippen molar-refractivity contribution in [3.8, 4) is 0 Å². The van der Waals surface area contributed by atoms with Crippen molar-refractivity contribution in [2.45, 2.75) is 66.2 Å². The van der Waals surface area contributed by atoms with E-state index in [1.54, 1.807) is 6.08 Å². The quantitative estimate of drug-likeness (QED) is 0.290. The summed E-state index contributed by atoms with van der Waals surface area (Å²) in [7, 11) is 0. The first kappa shape index (κ1) is 26.8. The fourth-order valence-electron chi connectivity index (χ4n) is 5.59. The van der Waals surface area contributed by atoms with Crippen molar-refractivity contribution < 1.29 is 9.68 Å². The van der Waals surface area contributed by atoms with E-state index >= 15 is 0 Å². The SMILES string of the molecule is C=Cc1nc2c(c(C)c1C=C)CCC/C2=N\OCC(C)(C)CO/N=C1\CCCc2c1nc1ccccc1c2C. The van der Waals surface area contributed by atoms with Gasteiger partial charge in [-0.05, 0) is 86.8 Å². The van der Waals surface area contributed by atoms with Gasteiger partial charge in [0, 0.05) is 16.4 Å². The van der Waals surface area contributed by atoms with Crippen LogP contribution in [0.2, 0.25) is 0 Å².